The molecular formula is C11H13NO. The highest BCUT2D eigenvalue weighted by atomic mass is 16.3. The van der Waals surface area contributed by atoms with E-state index in [2.05, 4.69) is 19.2 Å². The highest BCUT2D eigenvalue weighted by Crippen LogP contribution is 2.62. The normalized spacial score (nSPS) is 33.5. The van der Waals surface area contributed by atoms with Crippen molar-refractivity contribution in [1.29, 1.82) is 0 Å². The molecule has 1 fully saturated rings. The van der Waals surface area contributed by atoms with Gasteiger partial charge in [-0.1, -0.05) is 6.07 Å². The predicted molar refractivity (Wildman–Crippen MR) is 52.2 cm³/mol. The standard InChI is InChI=1S/C11H13NO/c1-6-3-4-8(13)10-9(6)7-5-11(7,2)12-10/h3-4,7,12-13H,5H2,1-2H3/t7-,11?/m0/s1. The maximum absolute atomic E-state index is 9.65. The van der Waals surface area contributed by atoms with Gasteiger partial charge in [-0.25, -0.2) is 0 Å². The lowest BCUT2D eigenvalue weighted by atomic mass is 10.0. The van der Waals surface area contributed by atoms with Crippen LogP contribution in [0.3, 0.4) is 0 Å². The number of anilines is 1. The monoisotopic (exact) mass is 175 g/mol. The molecule has 2 atom stereocenters. The zero-order valence-corrected chi connectivity index (χ0v) is 7.89. The number of aromatic hydroxyl groups is 1. The van der Waals surface area contributed by atoms with Crippen LogP contribution in [0.15, 0.2) is 12.1 Å². The summed E-state index contributed by atoms with van der Waals surface area (Å²) in [6.45, 7) is 4.33. The summed E-state index contributed by atoms with van der Waals surface area (Å²) in [4.78, 5) is 0. The number of hydrogen-bond donors (Lipinski definition) is 2. The molecule has 2 nitrogen and oxygen atoms in total. The molecule has 2 heteroatoms. The van der Waals surface area contributed by atoms with Crippen molar-refractivity contribution in [2.24, 2.45) is 0 Å². The lowest BCUT2D eigenvalue weighted by Gasteiger charge is -2.11. The van der Waals surface area contributed by atoms with Crippen molar-refractivity contribution >= 4 is 5.69 Å². The van der Waals surface area contributed by atoms with Gasteiger partial charge >= 0.3 is 0 Å². The van der Waals surface area contributed by atoms with Crippen molar-refractivity contribution in [2.75, 3.05) is 5.32 Å². The smallest absolute Gasteiger partial charge is 0.139 e. The molecule has 1 unspecified atom stereocenters. The second-order valence-corrected chi connectivity index (χ2v) is 4.49. The Morgan fingerprint density at radius 3 is 3.00 bits per heavy atom. The molecule has 2 aliphatic rings. The fourth-order valence-electron chi connectivity index (χ4n) is 2.50. The summed E-state index contributed by atoms with van der Waals surface area (Å²) in [6, 6.07) is 3.77. The molecule has 1 aliphatic heterocycles. The SMILES string of the molecule is Cc1ccc(O)c2c1[C@@H]1CC1(C)N2. The maximum atomic E-state index is 9.65. The van der Waals surface area contributed by atoms with Crippen molar-refractivity contribution in [3.05, 3.63) is 23.3 Å². The molecule has 0 spiro atoms. The van der Waals surface area contributed by atoms with Gasteiger partial charge in [-0.15, -0.1) is 0 Å². The van der Waals surface area contributed by atoms with Crippen LogP contribution >= 0.6 is 0 Å². The molecule has 13 heavy (non-hydrogen) atoms. The van der Waals surface area contributed by atoms with Crippen LogP contribution in [0.25, 0.3) is 0 Å². The second kappa shape index (κ2) is 1.84. The van der Waals surface area contributed by atoms with Gasteiger partial charge in [0.05, 0.1) is 5.69 Å². The second-order valence-electron chi connectivity index (χ2n) is 4.49. The van der Waals surface area contributed by atoms with Gasteiger partial charge in [0.1, 0.15) is 5.75 Å². The van der Waals surface area contributed by atoms with E-state index in [1.807, 2.05) is 6.07 Å². The molecular weight excluding hydrogens is 162 g/mol. The van der Waals surface area contributed by atoms with Gasteiger partial charge < -0.3 is 10.4 Å². The van der Waals surface area contributed by atoms with Crippen molar-refractivity contribution in [1.82, 2.24) is 0 Å². The van der Waals surface area contributed by atoms with Crippen LogP contribution in [0, 0.1) is 6.92 Å². The third-order valence-electron chi connectivity index (χ3n) is 3.44. The molecule has 0 radical (unpaired) electrons. The predicted octanol–water partition coefficient (Wildman–Crippen LogP) is 2.37. The highest BCUT2D eigenvalue weighted by molar-refractivity contribution is 5.74. The Bertz CT molecular complexity index is 399. The first-order chi connectivity index (χ1) is 6.12. The van der Waals surface area contributed by atoms with Gasteiger partial charge in [-0.2, -0.15) is 0 Å². The van der Waals surface area contributed by atoms with Crippen LogP contribution in [0.2, 0.25) is 0 Å². The summed E-state index contributed by atoms with van der Waals surface area (Å²) in [5, 5.41) is 13.1. The lowest BCUT2D eigenvalue weighted by molar-refractivity contribution is 0.476. The van der Waals surface area contributed by atoms with Gasteiger partial charge in [0.25, 0.3) is 0 Å². The van der Waals surface area contributed by atoms with E-state index in [1.54, 1.807) is 6.07 Å². The Balaban J connectivity index is 2.25. The number of fused-ring (bicyclic) bond motifs is 3. The number of benzene rings is 1. The molecule has 0 amide bonds. The van der Waals surface area contributed by atoms with E-state index in [0.717, 1.165) is 5.69 Å². The van der Waals surface area contributed by atoms with Crippen LogP contribution < -0.4 is 5.32 Å². The van der Waals surface area contributed by atoms with E-state index in [0.29, 0.717) is 11.7 Å². The number of phenolic OH excluding ortho intramolecular Hbond substituents is 1. The Morgan fingerprint density at radius 2 is 2.31 bits per heavy atom. The van der Waals surface area contributed by atoms with Crippen molar-refractivity contribution in [3.63, 3.8) is 0 Å². The third kappa shape index (κ3) is 0.736. The van der Waals surface area contributed by atoms with E-state index >= 15 is 0 Å². The largest absolute Gasteiger partial charge is 0.506 e. The molecule has 2 N–H and O–H groups in total. The Morgan fingerprint density at radius 1 is 1.54 bits per heavy atom. The zero-order valence-electron chi connectivity index (χ0n) is 7.89. The van der Waals surface area contributed by atoms with Gasteiger partial charge in [-0.3, -0.25) is 0 Å². The van der Waals surface area contributed by atoms with Gasteiger partial charge in [0, 0.05) is 11.5 Å². The minimum Gasteiger partial charge on any atom is -0.506 e. The Labute approximate surface area is 77.6 Å². The van der Waals surface area contributed by atoms with Crippen LogP contribution in [0.5, 0.6) is 5.75 Å². The molecule has 68 valence electrons. The number of nitrogens with one attached hydrogen (secondary N) is 1. The highest BCUT2D eigenvalue weighted by Gasteiger charge is 2.57. The Kier molecular flexibility index (Phi) is 1.02. The van der Waals surface area contributed by atoms with Crippen LogP contribution in [-0.4, -0.2) is 10.6 Å². The average molecular weight is 175 g/mol. The minimum atomic E-state index is 0.242. The van der Waals surface area contributed by atoms with Gasteiger partial charge in [0.15, 0.2) is 0 Å². The quantitative estimate of drug-likeness (QED) is 0.593. The number of rotatable bonds is 0. The molecule has 1 aromatic rings. The van der Waals surface area contributed by atoms with E-state index < -0.39 is 0 Å². The number of hydrogen-bond acceptors (Lipinski definition) is 2. The summed E-state index contributed by atoms with van der Waals surface area (Å²) in [7, 11) is 0. The van der Waals surface area contributed by atoms with E-state index in [9.17, 15) is 5.11 Å². The molecule has 1 aliphatic carbocycles. The molecule has 3 rings (SSSR count). The molecule has 0 bridgehead atoms. The van der Waals surface area contributed by atoms with Crippen LogP contribution in [0.1, 0.15) is 30.4 Å². The number of phenols is 1. The first-order valence-electron chi connectivity index (χ1n) is 4.72. The van der Waals surface area contributed by atoms with Crippen LogP contribution in [0.4, 0.5) is 5.69 Å². The van der Waals surface area contributed by atoms with Crippen molar-refractivity contribution < 1.29 is 5.11 Å². The van der Waals surface area contributed by atoms with Gasteiger partial charge in [0.2, 0.25) is 0 Å². The third-order valence-corrected chi connectivity index (χ3v) is 3.44. The summed E-state index contributed by atoms with van der Waals surface area (Å²) in [5.74, 6) is 1.03. The molecule has 0 aromatic heterocycles. The minimum absolute atomic E-state index is 0.242. The maximum Gasteiger partial charge on any atom is 0.139 e. The fourth-order valence-corrected chi connectivity index (χ4v) is 2.50. The first kappa shape index (κ1) is 7.25. The summed E-state index contributed by atoms with van der Waals surface area (Å²) in [6.07, 6.45) is 1.21. The molecule has 1 heterocycles. The summed E-state index contributed by atoms with van der Waals surface area (Å²) < 4.78 is 0. The van der Waals surface area contributed by atoms with E-state index in [1.165, 1.54) is 17.5 Å². The number of aryl methyl sites for hydroxylation is 1. The van der Waals surface area contributed by atoms with E-state index in [-0.39, 0.29) is 5.54 Å². The van der Waals surface area contributed by atoms with Gasteiger partial charge in [-0.05, 0) is 37.5 Å². The van der Waals surface area contributed by atoms with Crippen LogP contribution in [-0.2, 0) is 0 Å². The lowest BCUT2D eigenvalue weighted by Crippen LogP contribution is -2.12. The molecule has 1 saturated carbocycles. The average Bonchev–Trinajstić information content (AvgIpc) is 2.63. The molecule has 0 saturated heterocycles. The van der Waals surface area contributed by atoms with Crippen molar-refractivity contribution in [3.8, 4) is 5.75 Å². The first-order valence-corrected chi connectivity index (χ1v) is 4.72. The Hall–Kier alpha value is -1.18. The van der Waals surface area contributed by atoms with E-state index in [4.69, 9.17) is 0 Å². The molecule has 1 aromatic carbocycles. The summed E-state index contributed by atoms with van der Waals surface area (Å²) >= 11 is 0. The topological polar surface area (TPSA) is 32.3 Å². The summed E-state index contributed by atoms with van der Waals surface area (Å²) in [5.41, 5.74) is 3.85. The fraction of sp³-hybridized carbons (Fsp3) is 0.455. The van der Waals surface area contributed by atoms with Crippen molar-refractivity contribution in [2.45, 2.75) is 31.7 Å². The zero-order chi connectivity index (χ0) is 9.22.